The van der Waals surface area contributed by atoms with Gasteiger partial charge in [-0.2, -0.15) is 40.5 Å². The third-order valence-electron chi connectivity index (χ3n) is 8.63. The van der Waals surface area contributed by atoms with Crippen LogP contribution >= 0.6 is 57.5 Å². The van der Waals surface area contributed by atoms with E-state index in [0.29, 0.717) is 76.0 Å². The Morgan fingerprint density at radius 2 is 1.05 bits per heavy atom. The third-order valence-corrected chi connectivity index (χ3v) is 15.7. The smallest absolute Gasteiger partial charge is 0.304 e. The van der Waals surface area contributed by atoms with E-state index in [-0.39, 0.29) is 15.0 Å². The molecule has 7 aromatic rings. The van der Waals surface area contributed by atoms with Crippen LogP contribution in [0.4, 0.5) is 56.0 Å². The number of thioether (sulfide) groups is 1. The summed E-state index contributed by atoms with van der Waals surface area (Å²) in [5, 5.41) is 18.4. The Morgan fingerprint density at radius 1 is 0.645 bits per heavy atom. The summed E-state index contributed by atoms with van der Waals surface area (Å²) < 4.78 is 67.9. The summed E-state index contributed by atoms with van der Waals surface area (Å²) in [7, 11) is -8.25. The van der Waals surface area contributed by atoms with Crippen LogP contribution < -0.4 is 43.4 Å². The molecule has 0 unspecified atom stereocenters. The van der Waals surface area contributed by atoms with Crippen LogP contribution in [0.25, 0.3) is 20.4 Å². The van der Waals surface area contributed by atoms with Gasteiger partial charge in [0.25, 0.3) is 0 Å². The zero-order valence-corrected chi connectivity index (χ0v) is 39.3. The second kappa shape index (κ2) is 21.0. The lowest BCUT2D eigenvalue weighted by Crippen LogP contribution is -2.22. The van der Waals surface area contributed by atoms with Crippen LogP contribution in [0.3, 0.4) is 0 Å². The van der Waals surface area contributed by atoms with Gasteiger partial charge in [0, 0.05) is 54.1 Å². The summed E-state index contributed by atoms with van der Waals surface area (Å²) in [6.07, 6.45) is 0. The highest BCUT2D eigenvalue weighted by Gasteiger charge is 2.18. The van der Waals surface area contributed by atoms with E-state index in [0.717, 1.165) is 83.3 Å². The number of aliphatic hydroxyl groups excluding tert-OH is 1. The second-order valence-electron chi connectivity index (χ2n) is 12.6. The Hall–Kier alpha value is -4.84. The molecule has 5 heterocycles. The van der Waals surface area contributed by atoms with Gasteiger partial charge in [0.05, 0.1) is 29.4 Å². The van der Waals surface area contributed by atoms with Crippen LogP contribution in [0, 0.1) is 0 Å². The minimum Gasteiger partial charge on any atom is -0.397 e. The molecule has 0 saturated heterocycles. The number of benzene rings is 2. The topological polar surface area (TPSA) is 328 Å². The molecule has 334 valence electrons. The number of aliphatic hydroxyl groups is 1. The lowest BCUT2D eigenvalue weighted by atomic mass is 10.2. The summed E-state index contributed by atoms with van der Waals surface area (Å²) in [6, 6.07) is 14.4. The van der Waals surface area contributed by atoms with Gasteiger partial charge < -0.3 is 48.5 Å². The summed E-state index contributed by atoms with van der Waals surface area (Å²) in [6.45, 7) is 12.0. The monoisotopic (exact) mass is 983 g/mol. The maximum absolute atomic E-state index is 10.7. The SMILES string of the molecule is CCN(CC)c1ccc(N)c(Nc2nc(Nc3cc(N(CC)CC)ccc3N)nc(SCCO)n2)c1.Nc1snc2sc(S(=O)(=O)O)cc12.Nc1snc2sc(S(=O)(=O)O)cc12. The van der Waals surface area contributed by atoms with Gasteiger partial charge in [-0.15, -0.1) is 22.7 Å². The largest absolute Gasteiger partial charge is 0.397 e. The van der Waals surface area contributed by atoms with Crippen molar-refractivity contribution in [3.63, 3.8) is 0 Å². The van der Waals surface area contributed by atoms with Gasteiger partial charge in [-0.05, 0) is 99.3 Å². The molecule has 27 heteroatoms. The maximum atomic E-state index is 10.7. The Labute approximate surface area is 378 Å². The number of nitrogens with two attached hydrogens (primary N) is 4. The average Bonchev–Trinajstić information content (AvgIpc) is 4.02. The number of fused-ring (bicyclic) bond motifs is 2. The van der Waals surface area contributed by atoms with E-state index in [2.05, 4.69) is 71.8 Å². The van der Waals surface area contributed by atoms with Crippen molar-refractivity contribution in [3.8, 4) is 0 Å². The highest BCUT2D eigenvalue weighted by atomic mass is 32.3. The first kappa shape index (κ1) is 48.2. The van der Waals surface area contributed by atoms with Crippen molar-refractivity contribution in [2.24, 2.45) is 0 Å². The maximum Gasteiger partial charge on any atom is 0.304 e. The zero-order chi connectivity index (χ0) is 45.4. The molecular weight excluding hydrogens is 939 g/mol. The molecule has 0 spiro atoms. The fraction of sp³-hybridized carbons (Fsp3) is 0.286. The summed E-state index contributed by atoms with van der Waals surface area (Å²) in [4.78, 5) is 19.2. The van der Waals surface area contributed by atoms with Gasteiger partial charge in [0.1, 0.15) is 28.1 Å². The van der Waals surface area contributed by atoms with E-state index >= 15 is 0 Å². The van der Waals surface area contributed by atoms with Crippen molar-refractivity contribution in [2.75, 3.05) is 81.9 Å². The van der Waals surface area contributed by atoms with E-state index in [1.165, 1.54) is 23.9 Å². The standard InChI is InChI=1S/C25H37N9OS.2C5H4N2O3S3/c1-5-33(6-2)17-9-11-19(26)21(15-17)28-23-30-24(32-25(31-23)36-14-13-35)29-22-16-18(10-12-20(22)27)34(7-3)8-4;2*6-4-2-1-3(13(8,9)10)11-5(2)7-12-4/h9-12,15-16,35H,5-8,13-14,26-27H2,1-4H3,(H2,28,29,30,31,32);2*1H,6H2,(H,8,9,10). The summed E-state index contributed by atoms with van der Waals surface area (Å²) >= 11 is 5.36. The number of hydrogen-bond donors (Lipinski definition) is 9. The van der Waals surface area contributed by atoms with E-state index in [9.17, 15) is 21.9 Å². The van der Waals surface area contributed by atoms with Crippen molar-refractivity contribution in [1.29, 1.82) is 0 Å². The Bertz CT molecular complexity index is 2660. The van der Waals surface area contributed by atoms with Crippen LogP contribution in [0.5, 0.6) is 0 Å². The zero-order valence-electron chi connectivity index (χ0n) is 33.6. The molecule has 7 rings (SSSR count). The molecule has 0 aliphatic rings. The minimum atomic E-state index is -4.12. The van der Waals surface area contributed by atoms with E-state index in [1.54, 1.807) is 0 Å². The number of rotatable bonds is 15. The number of thiophene rings is 2. The molecule has 0 bridgehead atoms. The molecule has 2 aromatic carbocycles. The van der Waals surface area contributed by atoms with Crippen LogP contribution in [-0.2, 0) is 20.2 Å². The van der Waals surface area contributed by atoms with E-state index < -0.39 is 20.2 Å². The molecule has 13 N–H and O–H groups in total. The summed E-state index contributed by atoms with van der Waals surface area (Å²) in [5.74, 6) is 1.15. The first-order valence-electron chi connectivity index (χ1n) is 18.5. The Balaban J connectivity index is 0.000000224. The molecule has 0 fully saturated rings. The quantitative estimate of drug-likeness (QED) is 0.0294. The number of hydrogen-bond acceptors (Lipinski definition) is 23. The first-order chi connectivity index (χ1) is 29.4. The molecule has 0 saturated carbocycles. The third kappa shape index (κ3) is 12.2. The predicted molar refractivity (Wildman–Crippen MR) is 256 cm³/mol. The van der Waals surface area contributed by atoms with Crippen molar-refractivity contribution in [2.45, 2.75) is 41.3 Å². The molecule has 20 nitrogen and oxygen atoms in total. The van der Waals surface area contributed by atoms with Crippen LogP contribution in [0.15, 0.2) is 62.1 Å². The molecular formula is C35H45N13O7S7. The number of aromatic nitrogens is 5. The first-order valence-corrected chi connectivity index (χ1v) is 25.5. The van der Waals surface area contributed by atoms with Crippen molar-refractivity contribution >= 4 is 154 Å². The summed E-state index contributed by atoms with van der Waals surface area (Å²) in [5.41, 5.74) is 28.3. The minimum absolute atomic E-state index is 0.0135. The molecule has 0 aliphatic carbocycles. The molecule has 5 aromatic heterocycles. The van der Waals surface area contributed by atoms with Crippen molar-refractivity contribution < 1.29 is 31.0 Å². The lowest BCUT2D eigenvalue weighted by molar-refractivity contribution is 0.322. The average molecular weight is 984 g/mol. The van der Waals surface area contributed by atoms with Gasteiger partial charge in [-0.3, -0.25) is 9.11 Å². The van der Waals surface area contributed by atoms with Gasteiger partial charge in [0.15, 0.2) is 5.16 Å². The fourth-order valence-corrected chi connectivity index (χ4v) is 11.0. The van der Waals surface area contributed by atoms with Crippen molar-refractivity contribution in [3.05, 3.63) is 48.5 Å². The van der Waals surface area contributed by atoms with Gasteiger partial charge >= 0.3 is 20.2 Å². The molecule has 0 radical (unpaired) electrons. The molecule has 0 aliphatic heterocycles. The fourth-order valence-electron chi connectivity index (χ4n) is 5.53. The number of nitrogens with zero attached hydrogens (tertiary/aromatic N) is 7. The highest BCUT2D eigenvalue weighted by molar-refractivity contribution is 7.99. The number of anilines is 10. The van der Waals surface area contributed by atoms with Gasteiger partial charge in [0.2, 0.25) is 11.9 Å². The lowest BCUT2D eigenvalue weighted by Gasteiger charge is -2.22. The van der Waals surface area contributed by atoms with E-state index in [1.807, 2.05) is 36.4 Å². The predicted octanol–water partition coefficient (Wildman–Crippen LogP) is 6.67. The van der Waals surface area contributed by atoms with Crippen molar-refractivity contribution in [1.82, 2.24) is 23.7 Å². The molecule has 0 atom stereocenters. The molecule has 62 heavy (non-hydrogen) atoms. The highest BCUT2D eigenvalue weighted by Crippen LogP contribution is 2.36. The normalized spacial score (nSPS) is 11.5. The molecule has 0 amide bonds. The number of nitrogens with one attached hydrogen (secondary N) is 2. The number of nitrogen functional groups attached to an aromatic ring is 4. The second-order valence-corrected chi connectivity index (χ2v) is 20.6. The van der Waals surface area contributed by atoms with Crippen LogP contribution in [0.1, 0.15) is 27.7 Å². The van der Waals surface area contributed by atoms with Crippen LogP contribution in [-0.4, -0.2) is 93.3 Å². The Morgan fingerprint density at radius 3 is 1.39 bits per heavy atom. The van der Waals surface area contributed by atoms with Gasteiger partial charge in [-0.1, -0.05) is 11.8 Å². The Kier molecular flexibility index (Phi) is 16.3. The van der Waals surface area contributed by atoms with Gasteiger partial charge in [-0.25, -0.2) is 0 Å². The van der Waals surface area contributed by atoms with Crippen LogP contribution in [0.2, 0.25) is 0 Å². The van der Waals surface area contributed by atoms with E-state index in [4.69, 9.17) is 32.0 Å².